The summed E-state index contributed by atoms with van der Waals surface area (Å²) in [7, 11) is 0. The van der Waals surface area contributed by atoms with Crippen molar-refractivity contribution in [2.45, 2.75) is 25.7 Å². The fraction of sp³-hybridized carbons (Fsp3) is 0.500. The molecule has 1 saturated carbocycles. The highest BCUT2D eigenvalue weighted by molar-refractivity contribution is 5.86. The molecule has 0 unspecified atom stereocenters. The van der Waals surface area contributed by atoms with E-state index in [1.54, 1.807) is 0 Å². The zero-order valence-corrected chi connectivity index (χ0v) is 10.3. The van der Waals surface area contributed by atoms with E-state index in [0.29, 0.717) is 6.54 Å². The summed E-state index contributed by atoms with van der Waals surface area (Å²) in [6.45, 7) is 0.563. The number of rotatable bonds is 7. The van der Waals surface area contributed by atoms with Gasteiger partial charge in [-0.1, -0.05) is 12.8 Å². The lowest BCUT2D eigenvalue weighted by Gasteiger charge is -2.06. The molecule has 1 heterocycles. The highest BCUT2D eigenvalue weighted by atomic mass is 16.6. The average molecular weight is 265 g/mol. The van der Waals surface area contributed by atoms with Crippen LogP contribution >= 0.6 is 0 Å². The number of nitrogens with zero attached hydrogens (tertiary/aromatic N) is 2. The monoisotopic (exact) mass is 265 g/mol. The first-order valence-corrected chi connectivity index (χ1v) is 6.20. The third kappa shape index (κ3) is 3.64. The largest absolute Gasteiger partial charge is 0.477 e. The molecule has 1 aliphatic carbocycles. The summed E-state index contributed by atoms with van der Waals surface area (Å²) in [6, 6.07) is 2.30. The van der Waals surface area contributed by atoms with Gasteiger partial charge < -0.3 is 10.4 Å². The predicted molar refractivity (Wildman–Crippen MR) is 68.3 cm³/mol. The number of carboxylic acids is 1. The molecule has 0 radical (unpaired) electrons. The topological polar surface area (TPSA) is 105 Å². The number of aromatic carboxylic acids is 1. The van der Waals surface area contributed by atoms with Gasteiger partial charge in [0, 0.05) is 12.6 Å². The van der Waals surface area contributed by atoms with E-state index in [0.717, 1.165) is 24.8 Å². The number of anilines is 1. The van der Waals surface area contributed by atoms with Crippen LogP contribution in [0.2, 0.25) is 0 Å². The third-order valence-corrected chi connectivity index (χ3v) is 3.07. The Labute approximate surface area is 109 Å². The summed E-state index contributed by atoms with van der Waals surface area (Å²) in [6.07, 6.45) is 4.54. The van der Waals surface area contributed by atoms with Gasteiger partial charge in [-0.2, -0.15) is 0 Å². The number of hydrogen-bond acceptors (Lipinski definition) is 5. The summed E-state index contributed by atoms with van der Waals surface area (Å²) in [5.41, 5.74) is -0.397. The maximum absolute atomic E-state index is 10.8. The quantitative estimate of drug-likeness (QED) is 0.445. The Bertz CT molecular complexity index is 500. The van der Waals surface area contributed by atoms with Crippen LogP contribution in [0.4, 0.5) is 11.5 Å². The van der Waals surface area contributed by atoms with E-state index >= 15 is 0 Å². The van der Waals surface area contributed by atoms with E-state index < -0.39 is 10.9 Å². The molecule has 0 aliphatic heterocycles. The maximum Gasteiger partial charge on any atom is 0.354 e. The van der Waals surface area contributed by atoms with Gasteiger partial charge in [-0.3, -0.25) is 10.1 Å². The minimum atomic E-state index is -1.20. The highest BCUT2D eigenvalue weighted by Crippen LogP contribution is 2.33. The van der Waals surface area contributed by atoms with Crippen molar-refractivity contribution in [3.05, 3.63) is 27.9 Å². The van der Waals surface area contributed by atoms with E-state index in [4.69, 9.17) is 5.11 Å². The van der Waals surface area contributed by atoms with E-state index in [-0.39, 0.29) is 17.2 Å². The molecule has 0 saturated heterocycles. The second-order valence-electron chi connectivity index (χ2n) is 4.64. The first kappa shape index (κ1) is 13.3. The summed E-state index contributed by atoms with van der Waals surface area (Å²) < 4.78 is 0. The van der Waals surface area contributed by atoms with E-state index in [1.807, 2.05) is 0 Å². The van der Waals surface area contributed by atoms with Crippen molar-refractivity contribution < 1.29 is 14.8 Å². The number of nitro groups is 1. The summed E-state index contributed by atoms with van der Waals surface area (Å²) in [5, 5.41) is 22.5. The second-order valence-corrected chi connectivity index (χ2v) is 4.64. The van der Waals surface area contributed by atoms with Crippen molar-refractivity contribution in [2.24, 2.45) is 5.92 Å². The van der Waals surface area contributed by atoms with E-state index in [1.165, 1.54) is 18.9 Å². The summed E-state index contributed by atoms with van der Waals surface area (Å²) >= 11 is 0. The van der Waals surface area contributed by atoms with E-state index in [2.05, 4.69) is 10.3 Å². The minimum absolute atomic E-state index is 0.0284. The molecule has 0 aromatic carbocycles. The molecular weight excluding hydrogens is 250 g/mol. The molecule has 1 aliphatic rings. The Morgan fingerprint density at radius 2 is 2.26 bits per heavy atom. The zero-order valence-electron chi connectivity index (χ0n) is 10.3. The van der Waals surface area contributed by atoms with Crippen LogP contribution in [0.15, 0.2) is 12.1 Å². The van der Waals surface area contributed by atoms with Crippen molar-refractivity contribution in [3.63, 3.8) is 0 Å². The minimum Gasteiger partial charge on any atom is -0.477 e. The smallest absolute Gasteiger partial charge is 0.354 e. The number of nitrogens with one attached hydrogen (secondary N) is 1. The highest BCUT2D eigenvalue weighted by Gasteiger charge is 2.21. The molecular formula is C12H15N3O4. The van der Waals surface area contributed by atoms with Crippen molar-refractivity contribution >= 4 is 17.5 Å². The molecule has 0 spiro atoms. The lowest BCUT2D eigenvalue weighted by Crippen LogP contribution is -2.09. The Morgan fingerprint density at radius 1 is 1.53 bits per heavy atom. The number of aromatic nitrogens is 1. The standard InChI is InChI=1S/C12H15N3O4/c16-12(17)9-5-6-10(15(18)19)11(14-9)13-7-1-2-8-3-4-8/h5-6,8H,1-4,7H2,(H,13,14)(H,16,17). The molecule has 0 bridgehead atoms. The molecule has 7 heteroatoms. The summed E-state index contributed by atoms with van der Waals surface area (Å²) in [5.74, 6) is -0.369. The molecule has 1 aromatic heterocycles. The molecule has 7 nitrogen and oxygen atoms in total. The van der Waals surface area contributed by atoms with Gasteiger partial charge in [0.1, 0.15) is 0 Å². The van der Waals surface area contributed by atoms with Gasteiger partial charge in [-0.25, -0.2) is 9.78 Å². The summed E-state index contributed by atoms with van der Waals surface area (Å²) in [4.78, 5) is 24.8. The Hall–Kier alpha value is -2.18. The first-order chi connectivity index (χ1) is 9.08. The number of carbonyl (C=O) groups is 1. The van der Waals surface area contributed by atoms with Gasteiger partial charge in [0.2, 0.25) is 5.82 Å². The Balaban J connectivity index is 2.03. The van der Waals surface area contributed by atoms with Crippen molar-refractivity contribution in [1.29, 1.82) is 0 Å². The van der Waals surface area contributed by atoms with Gasteiger partial charge in [-0.15, -0.1) is 0 Å². The average Bonchev–Trinajstić information content (AvgIpc) is 3.18. The fourth-order valence-corrected chi connectivity index (χ4v) is 1.85. The third-order valence-electron chi connectivity index (χ3n) is 3.07. The molecule has 1 aromatic rings. The fourth-order valence-electron chi connectivity index (χ4n) is 1.85. The molecule has 0 amide bonds. The van der Waals surface area contributed by atoms with Crippen molar-refractivity contribution in [2.75, 3.05) is 11.9 Å². The molecule has 0 atom stereocenters. The molecule has 19 heavy (non-hydrogen) atoms. The van der Waals surface area contributed by atoms with Crippen LogP contribution in [0, 0.1) is 16.0 Å². The van der Waals surface area contributed by atoms with Gasteiger partial charge in [-0.05, 0) is 24.8 Å². The van der Waals surface area contributed by atoms with Crippen molar-refractivity contribution in [3.8, 4) is 0 Å². The zero-order chi connectivity index (χ0) is 13.8. The van der Waals surface area contributed by atoms with E-state index in [9.17, 15) is 14.9 Å². The molecule has 1 fully saturated rings. The second kappa shape index (κ2) is 5.64. The SMILES string of the molecule is O=C(O)c1ccc([N+](=O)[O-])c(NCCCC2CC2)n1. The van der Waals surface area contributed by atoms with Crippen LogP contribution in [0.25, 0.3) is 0 Å². The van der Waals surface area contributed by atoms with Crippen molar-refractivity contribution in [1.82, 2.24) is 4.98 Å². The van der Waals surface area contributed by atoms with Crippen LogP contribution in [0.5, 0.6) is 0 Å². The van der Waals surface area contributed by atoms with Crippen LogP contribution in [0.3, 0.4) is 0 Å². The predicted octanol–water partition coefficient (Wildman–Crippen LogP) is 2.29. The van der Waals surface area contributed by atoms with Gasteiger partial charge >= 0.3 is 11.7 Å². The molecule has 2 N–H and O–H groups in total. The normalized spacial score (nSPS) is 14.1. The van der Waals surface area contributed by atoms with Crippen LogP contribution in [-0.4, -0.2) is 27.5 Å². The van der Waals surface area contributed by atoms with Gasteiger partial charge in [0.05, 0.1) is 4.92 Å². The Kier molecular flexibility index (Phi) is 3.94. The molecule has 102 valence electrons. The van der Waals surface area contributed by atoms with Gasteiger partial charge in [0.25, 0.3) is 0 Å². The number of carboxylic acid groups (broad SMARTS) is 1. The lowest BCUT2D eigenvalue weighted by molar-refractivity contribution is -0.384. The number of hydrogen-bond donors (Lipinski definition) is 2. The Morgan fingerprint density at radius 3 is 2.84 bits per heavy atom. The number of pyridine rings is 1. The van der Waals surface area contributed by atoms with Crippen LogP contribution in [0.1, 0.15) is 36.2 Å². The molecule has 2 rings (SSSR count). The van der Waals surface area contributed by atoms with Gasteiger partial charge in [0.15, 0.2) is 5.69 Å². The maximum atomic E-state index is 10.8. The first-order valence-electron chi connectivity index (χ1n) is 6.20. The lowest BCUT2D eigenvalue weighted by atomic mass is 10.2. The van der Waals surface area contributed by atoms with Crippen LogP contribution in [-0.2, 0) is 0 Å². The van der Waals surface area contributed by atoms with Crippen LogP contribution < -0.4 is 5.32 Å².